The number of carbonyl (C=O) groups is 1. The minimum Gasteiger partial charge on any atom is -0.454 e. The molecule has 0 radical (unpaired) electrons. The first-order chi connectivity index (χ1) is 14.3. The van der Waals surface area contributed by atoms with E-state index < -0.39 is 12.0 Å². The second kappa shape index (κ2) is 9.29. The number of likely N-dealkylation sites (N-methyl/N-ethyl adjacent to an activating group) is 1. The van der Waals surface area contributed by atoms with Crippen molar-refractivity contribution in [3.05, 3.63) is 42.5 Å². The topological polar surface area (TPSA) is 67.8 Å². The molecule has 1 atom stereocenters. The van der Waals surface area contributed by atoms with Gasteiger partial charge in [0.2, 0.25) is 11.7 Å². The predicted octanol–water partition coefficient (Wildman–Crippen LogP) is 3.36. The van der Waals surface area contributed by atoms with Crippen molar-refractivity contribution >= 4 is 11.6 Å². The van der Waals surface area contributed by atoms with Crippen LogP contribution in [0.4, 0.5) is 18.9 Å². The Labute approximate surface area is 172 Å². The lowest BCUT2D eigenvalue weighted by atomic mass is 10.2. The average molecular weight is 424 g/mol. The molecule has 0 bridgehead atoms. The standard InChI is InChI=1S/C20H23F3N4O3/c1-3-29-13-18(28)26(2)15-7-8-27(12-15)14-5-4-6-16(9-14)30-17-10-24-19(25-11-17)20(21,22)23/h4-6,9-11,15H,3,7-8,12-13H2,1-2H3/t15-/m0/s1. The Hall–Kier alpha value is -2.88. The lowest BCUT2D eigenvalue weighted by molar-refractivity contribution is -0.145. The Morgan fingerprint density at radius 1 is 1.27 bits per heavy atom. The molecule has 1 aromatic carbocycles. The fourth-order valence-electron chi connectivity index (χ4n) is 3.18. The Bertz CT molecular complexity index is 861. The predicted molar refractivity (Wildman–Crippen MR) is 103 cm³/mol. The molecule has 0 N–H and O–H groups in total. The number of amides is 1. The zero-order valence-corrected chi connectivity index (χ0v) is 16.7. The van der Waals surface area contributed by atoms with Gasteiger partial charge >= 0.3 is 6.18 Å². The number of ether oxygens (including phenoxy) is 2. The third kappa shape index (κ3) is 5.38. The molecule has 0 aliphatic carbocycles. The quantitative estimate of drug-likeness (QED) is 0.679. The number of alkyl halides is 3. The largest absolute Gasteiger partial charge is 0.454 e. The van der Waals surface area contributed by atoms with Crippen molar-refractivity contribution in [1.82, 2.24) is 14.9 Å². The van der Waals surface area contributed by atoms with Gasteiger partial charge in [-0.3, -0.25) is 4.79 Å². The molecule has 0 saturated carbocycles. The van der Waals surface area contributed by atoms with Gasteiger partial charge in [-0.05, 0) is 25.5 Å². The maximum Gasteiger partial charge on any atom is 0.451 e. The second-order valence-corrected chi connectivity index (χ2v) is 6.87. The number of aromatic nitrogens is 2. The van der Waals surface area contributed by atoms with Gasteiger partial charge in [-0.2, -0.15) is 13.2 Å². The highest BCUT2D eigenvalue weighted by atomic mass is 19.4. The number of hydrogen-bond acceptors (Lipinski definition) is 6. The number of benzene rings is 1. The van der Waals surface area contributed by atoms with Gasteiger partial charge < -0.3 is 19.3 Å². The van der Waals surface area contributed by atoms with Crippen LogP contribution < -0.4 is 9.64 Å². The molecular weight excluding hydrogens is 401 g/mol. The van der Waals surface area contributed by atoms with Gasteiger partial charge in [0.05, 0.1) is 18.4 Å². The zero-order chi connectivity index (χ0) is 21.7. The molecule has 1 fully saturated rings. The van der Waals surface area contributed by atoms with Crippen LogP contribution in [-0.2, 0) is 15.7 Å². The van der Waals surface area contributed by atoms with Crippen LogP contribution in [-0.4, -0.2) is 60.2 Å². The molecule has 162 valence electrons. The maximum atomic E-state index is 12.6. The average Bonchev–Trinajstić information content (AvgIpc) is 3.21. The molecule has 3 rings (SSSR count). The first-order valence-electron chi connectivity index (χ1n) is 9.53. The van der Waals surface area contributed by atoms with E-state index in [1.54, 1.807) is 30.1 Å². The summed E-state index contributed by atoms with van der Waals surface area (Å²) in [6, 6.07) is 7.29. The highest BCUT2D eigenvalue weighted by molar-refractivity contribution is 5.77. The van der Waals surface area contributed by atoms with Crippen LogP contribution in [0.25, 0.3) is 0 Å². The molecule has 10 heteroatoms. The van der Waals surface area contributed by atoms with E-state index in [-0.39, 0.29) is 24.3 Å². The first-order valence-corrected chi connectivity index (χ1v) is 9.53. The molecule has 30 heavy (non-hydrogen) atoms. The molecule has 1 aromatic heterocycles. The number of halogens is 3. The van der Waals surface area contributed by atoms with Crippen molar-refractivity contribution in [2.45, 2.75) is 25.6 Å². The van der Waals surface area contributed by atoms with E-state index in [1.807, 2.05) is 13.0 Å². The van der Waals surface area contributed by atoms with E-state index in [1.165, 1.54) is 0 Å². The number of anilines is 1. The molecule has 0 unspecified atom stereocenters. The summed E-state index contributed by atoms with van der Waals surface area (Å²) in [6.07, 6.45) is -1.78. The van der Waals surface area contributed by atoms with Crippen molar-refractivity contribution in [3.8, 4) is 11.5 Å². The maximum absolute atomic E-state index is 12.6. The van der Waals surface area contributed by atoms with Gasteiger partial charge in [-0.1, -0.05) is 6.07 Å². The highest BCUT2D eigenvalue weighted by Crippen LogP contribution is 2.30. The van der Waals surface area contributed by atoms with Crippen LogP contribution in [0, 0.1) is 0 Å². The van der Waals surface area contributed by atoms with Gasteiger partial charge in [0, 0.05) is 38.5 Å². The fraction of sp³-hybridized carbons (Fsp3) is 0.450. The van der Waals surface area contributed by atoms with E-state index >= 15 is 0 Å². The molecule has 0 spiro atoms. The number of rotatable bonds is 7. The molecule has 1 amide bonds. The van der Waals surface area contributed by atoms with Crippen LogP contribution in [0.2, 0.25) is 0 Å². The molecule has 2 aromatic rings. The van der Waals surface area contributed by atoms with Crippen LogP contribution >= 0.6 is 0 Å². The third-order valence-electron chi connectivity index (χ3n) is 4.83. The van der Waals surface area contributed by atoms with E-state index in [2.05, 4.69) is 14.9 Å². The summed E-state index contributed by atoms with van der Waals surface area (Å²) in [7, 11) is 1.78. The van der Waals surface area contributed by atoms with Gasteiger partial charge in [0.25, 0.3) is 0 Å². The highest BCUT2D eigenvalue weighted by Gasteiger charge is 2.34. The van der Waals surface area contributed by atoms with Gasteiger partial charge in [-0.15, -0.1) is 0 Å². The molecule has 1 aliphatic heterocycles. The van der Waals surface area contributed by atoms with E-state index in [4.69, 9.17) is 9.47 Å². The van der Waals surface area contributed by atoms with Gasteiger partial charge in [0.15, 0.2) is 5.75 Å². The van der Waals surface area contributed by atoms with E-state index in [9.17, 15) is 18.0 Å². The van der Waals surface area contributed by atoms with E-state index in [0.29, 0.717) is 18.9 Å². The summed E-state index contributed by atoms with van der Waals surface area (Å²) < 4.78 is 48.5. The molecule has 2 heterocycles. The fourth-order valence-corrected chi connectivity index (χ4v) is 3.18. The minimum atomic E-state index is -4.60. The summed E-state index contributed by atoms with van der Waals surface area (Å²) in [5, 5.41) is 0. The SMILES string of the molecule is CCOCC(=O)N(C)[C@H]1CCN(c2cccc(Oc3cnc(C(F)(F)F)nc3)c2)C1. The summed E-state index contributed by atoms with van der Waals surface area (Å²) in [5.41, 5.74) is 0.897. The Morgan fingerprint density at radius 2 is 2.00 bits per heavy atom. The lowest BCUT2D eigenvalue weighted by Crippen LogP contribution is -2.40. The Morgan fingerprint density at radius 3 is 2.67 bits per heavy atom. The number of carbonyl (C=O) groups excluding carboxylic acids is 1. The molecule has 1 saturated heterocycles. The number of hydrogen-bond donors (Lipinski definition) is 0. The Kier molecular flexibility index (Phi) is 6.76. The molecule has 7 nitrogen and oxygen atoms in total. The van der Waals surface area contributed by atoms with Crippen molar-refractivity contribution in [2.75, 3.05) is 38.3 Å². The minimum absolute atomic E-state index is 0.0527. The van der Waals surface area contributed by atoms with Crippen LogP contribution in [0.3, 0.4) is 0 Å². The monoisotopic (exact) mass is 424 g/mol. The van der Waals surface area contributed by atoms with Crippen molar-refractivity contribution in [3.63, 3.8) is 0 Å². The van der Waals surface area contributed by atoms with Crippen molar-refractivity contribution < 1.29 is 27.4 Å². The smallest absolute Gasteiger partial charge is 0.451 e. The summed E-state index contributed by atoms with van der Waals surface area (Å²) >= 11 is 0. The van der Waals surface area contributed by atoms with Crippen LogP contribution in [0.1, 0.15) is 19.2 Å². The van der Waals surface area contributed by atoms with Crippen LogP contribution in [0.15, 0.2) is 36.7 Å². The third-order valence-corrected chi connectivity index (χ3v) is 4.83. The van der Waals surface area contributed by atoms with Crippen molar-refractivity contribution in [2.24, 2.45) is 0 Å². The summed E-state index contributed by atoms with van der Waals surface area (Å²) in [6.45, 7) is 3.84. The van der Waals surface area contributed by atoms with Gasteiger partial charge in [0.1, 0.15) is 12.4 Å². The Balaban J connectivity index is 1.62. The first kappa shape index (κ1) is 21.8. The molecule has 1 aliphatic rings. The second-order valence-electron chi connectivity index (χ2n) is 6.87. The van der Waals surface area contributed by atoms with Crippen LogP contribution in [0.5, 0.6) is 11.5 Å². The van der Waals surface area contributed by atoms with Gasteiger partial charge in [-0.25, -0.2) is 9.97 Å². The lowest BCUT2D eigenvalue weighted by Gasteiger charge is -2.25. The van der Waals surface area contributed by atoms with Crippen molar-refractivity contribution in [1.29, 1.82) is 0 Å². The summed E-state index contributed by atoms with van der Waals surface area (Å²) in [4.78, 5) is 22.6. The summed E-state index contributed by atoms with van der Waals surface area (Å²) in [5.74, 6) is -0.696. The number of nitrogens with zero attached hydrogens (tertiary/aromatic N) is 4. The normalized spacial score (nSPS) is 16.6. The van der Waals surface area contributed by atoms with E-state index in [0.717, 1.165) is 31.0 Å². The molecular formula is C20H23F3N4O3. The zero-order valence-electron chi connectivity index (χ0n) is 16.7.